The minimum atomic E-state index is -2.93. The number of hydrogen-bond donors (Lipinski definition) is 1. The van der Waals surface area contributed by atoms with Crippen molar-refractivity contribution in [1.82, 2.24) is 10.3 Å². The van der Waals surface area contributed by atoms with Gasteiger partial charge in [-0.05, 0) is 17.7 Å². The van der Waals surface area contributed by atoms with Crippen molar-refractivity contribution >= 4 is 17.2 Å². The Morgan fingerprint density at radius 3 is 2.60 bits per heavy atom. The van der Waals surface area contributed by atoms with Gasteiger partial charge in [-0.1, -0.05) is 26.8 Å². The average molecular weight is 370 g/mol. The number of methoxy groups -OCH3 is 1. The Kier molecular flexibility index (Phi) is 5.94. The SMILES string of the molecule is COc1cc(CNC(=O)c2cnc(C(C)(C)C)s2)ccc1OC(F)F. The van der Waals surface area contributed by atoms with Crippen molar-refractivity contribution in [2.75, 3.05) is 7.11 Å². The van der Waals surface area contributed by atoms with Gasteiger partial charge in [-0.25, -0.2) is 4.98 Å². The molecule has 0 saturated carbocycles. The molecule has 2 aromatic rings. The van der Waals surface area contributed by atoms with E-state index in [2.05, 4.69) is 15.0 Å². The van der Waals surface area contributed by atoms with Gasteiger partial charge in [0, 0.05) is 12.0 Å². The highest BCUT2D eigenvalue weighted by Gasteiger charge is 2.20. The zero-order valence-corrected chi connectivity index (χ0v) is 15.2. The number of carbonyl (C=O) groups excluding carboxylic acids is 1. The summed E-state index contributed by atoms with van der Waals surface area (Å²) in [7, 11) is 1.36. The van der Waals surface area contributed by atoms with E-state index in [1.807, 2.05) is 20.8 Å². The Hall–Kier alpha value is -2.22. The third-order valence-corrected chi connectivity index (χ3v) is 4.69. The molecule has 136 valence electrons. The maximum atomic E-state index is 12.3. The van der Waals surface area contributed by atoms with Crippen molar-refractivity contribution < 1.29 is 23.0 Å². The van der Waals surface area contributed by atoms with Crippen molar-refractivity contribution in [1.29, 1.82) is 0 Å². The van der Waals surface area contributed by atoms with Gasteiger partial charge in [0.1, 0.15) is 4.88 Å². The molecule has 0 spiro atoms. The second kappa shape index (κ2) is 7.77. The topological polar surface area (TPSA) is 60.5 Å². The molecule has 1 aromatic heterocycles. The molecule has 1 N–H and O–H groups in total. The maximum Gasteiger partial charge on any atom is 0.387 e. The van der Waals surface area contributed by atoms with Crippen molar-refractivity contribution in [3.05, 3.63) is 39.8 Å². The number of rotatable bonds is 6. The number of nitrogens with zero attached hydrogens (tertiary/aromatic N) is 1. The summed E-state index contributed by atoms with van der Waals surface area (Å²) in [6.45, 7) is 3.39. The fraction of sp³-hybridized carbons (Fsp3) is 0.412. The Morgan fingerprint density at radius 1 is 1.32 bits per heavy atom. The smallest absolute Gasteiger partial charge is 0.387 e. The lowest BCUT2D eigenvalue weighted by molar-refractivity contribution is -0.0512. The Labute approximate surface area is 149 Å². The summed E-state index contributed by atoms with van der Waals surface area (Å²) in [5.74, 6) is -0.107. The molecule has 0 bridgehead atoms. The molecule has 0 aliphatic heterocycles. The van der Waals surface area contributed by atoms with Gasteiger partial charge >= 0.3 is 6.61 Å². The minimum Gasteiger partial charge on any atom is -0.493 e. The van der Waals surface area contributed by atoms with Crippen molar-refractivity contribution in [3.63, 3.8) is 0 Å². The Balaban J connectivity index is 2.03. The molecular weight excluding hydrogens is 350 g/mol. The van der Waals surface area contributed by atoms with Crippen LogP contribution in [0.1, 0.15) is 41.0 Å². The van der Waals surface area contributed by atoms with E-state index in [0.717, 1.165) is 5.01 Å². The van der Waals surface area contributed by atoms with Crippen molar-refractivity contribution in [2.45, 2.75) is 39.3 Å². The summed E-state index contributed by atoms with van der Waals surface area (Å²) in [6.07, 6.45) is 1.56. The van der Waals surface area contributed by atoms with Gasteiger partial charge in [-0.3, -0.25) is 4.79 Å². The fourth-order valence-electron chi connectivity index (χ4n) is 2.01. The molecule has 1 heterocycles. The zero-order valence-electron chi connectivity index (χ0n) is 14.4. The number of ether oxygens (including phenoxy) is 2. The summed E-state index contributed by atoms with van der Waals surface area (Å²) in [5, 5.41) is 3.66. The first-order chi connectivity index (χ1) is 11.7. The number of amides is 1. The Bertz CT molecular complexity index is 742. The molecular formula is C17H20F2N2O3S. The van der Waals surface area contributed by atoms with Crippen LogP contribution in [0.25, 0.3) is 0 Å². The van der Waals surface area contributed by atoms with Crippen molar-refractivity contribution in [2.24, 2.45) is 0 Å². The second-order valence-electron chi connectivity index (χ2n) is 6.33. The minimum absolute atomic E-state index is 0.0511. The second-order valence-corrected chi connectivity index (χ2v) is 7.36. The number of benzene rings is 1. The maximum absolute atomic E-state index is 12.3. The lowest BCUT2D eigenvalue weighted by Crippen LogP contribution is -2.21. The molecule has 0 fully saturated rings. The molecule has 2 rings (SSSR count). The monoisotopic (exact) mass is 370 g/mol. The van der Waals surface area contributed by atoms with Crippen LogP contribution in [0, 0.1) is 0 Å². The molecule has 0 aliphatic rings. The van der Waals surface area contributed by atoms with Crippen LogP contribution in [0.4, 0.5) is 8.78 Å². The number of nitrogens with one attached hydrogen (secondary N) is 1. The third kappa shape index (κ3) is 5.12. The van der Waals surface area contributed by atoms with E-state index in [0.29, 0.717) is 10.4 Å². The van der Waals surface area contributed by atoms with Crippen LogP contribution < -0.4 is 14.8 Å². The van der Waals surface area contributed by atoms with E-state index < -0.39 is 6.61 Å². The van der Waals surface area contributed by atoms with Gasteiger partial charge in [0.25, 0.3) is 5.91 Å². The molecule has 25 heavy (non-hydrogen) atoms. The lowest BCUT2D eigenvalue weighted by Gasteiger charge is -2.13. The van der Waals surface area contributed by atoms with E-state index >= 15 is 0 Å². The van der Waals surface area contributed by atoms with Gasteiger partial charge < -0.3 is 14.8 Å². The molecule has 0 atom stereocenters. The van der Waals surface area contributed by atoms with Crippen LogP contribution >= 0.6 is 11.3 Å². The highest BCUT2D eigenvalue weighted by atomic mass is 32.1. The van der Waals surface area contributed by atoms with E-state index in [-0.39, 0.29) is 29.4 Å². The van der Waals surface area contributed by atoms with Crippen LogP contribution in [0.5, 0.6) is 11.5 Å². The fourth-order valence-corrected chi connectivity index (χ4v) is 2.90. The molecule has 1 amide bonds. The number of aromatic nitrogens is 1. The first-order valence-electron chi connectivity index (χ1n) is 7.57. The van der Waals surface area contributed by atoms with Gasteiger partial charge in [-0.2, -0.15) is 8.78 Å². The van der Waals surface area contributed by atoms with Crippen LogP contribution in [0.15, 0.2) is 24.4 Å². The molecule has 1 aromatic carbocycles. The molecule has 0 unspecified atom stereocenters. The normalized spacial score (nSPS) is 11.5. The quantitative estimate of drug-likeness (QED) is 0.836. The van der Waals surface area contributed by atoms with Crippen LogP contribution in [0.3, 0.4) is 0 Å². The first-order valence-corrected chi connectivity index (χ1v) is 8.38. The Morgan fingerprint density at radius 2 is 2.04 bits per heavy atom. The highest BCUT2D eigenvalue weighted by molar-refractivity contribution is 7.13. The van der Waals surface area contributed by atoms with Crippen LogP contribution in [-0.2, 0) is 12.0 Å². The number of carbonyl (C=O) groups is 1. The largest absolute Gasteiger partial charge is 0.493 e. The van der Waals surface area contributed by atoms with E-state index in [9.17, 15) is 13.6 Å². The number of alkyl halides is 2. The highest BCUT2D eigenvalue weighted by Crippen LogP contribution is 2.30. The number of hydrogen-bond acceptors (Lipinski definition) is 5. The predicted octanol–water partition coefficient (Wildman–Crippen LogP) is 3.98. The van der Waals surface area contributed by atoms with E-state index in [1.165, 1.54) is 24.5 Å². The predicted molar refractivity (Wildman–Crippen MR) is 91.6 cm³/mol. The van der Waals surface area contributed by atoms with E-state index in [4.69, 9.17) is 4.74 Å². The summed E-state index contributed by atoms with van der Waals surface area (Å²) in [5.41, 5.74) is 0.587. The average Bonchev–Trinajstić information content (AvgIpc) is 3.03. The van der Waals surface area contributed by atoms with Crippen LogP contribution in [-0.4, -0.2) is 24.6 Å². The number of thiazole rings is 1. The molecule has 0 radical (unpaired) electrons. The molecule has 8 heteroatoms. The summed E-state index contributed by atoms with van der Waals surface area (Å²) < 4.78 is 34.1. The molecule has 0 aliphatic carbocycles. The summed E-state index contributed by atoms with van der Waals surface area (Å²) in [6, 6.07) is 4.52. The molecule has 0 saturated heterocycles. The standard InChI is InChI=1S/C17H20F2N2O3S/c1-17(2,3)15-21-9-13(25-15)14(22)20-8-10-5-6-11(24-16(18)19)12(7-10)23-4/h5-7,9,16H,8H2,1-4H3,(H,20,22). The van der Waals surface area contributed by atoms with Crippen LogP contribution in [0.2, 0.25) is 0 Å². The lowest BCUT2D eigenvalue weighted by atomic mass is 9.98. The van der Waals surface area contributed by atoms with Crippen molar-refractivity contribution in [3.8, 4) is 11.5 Å². The summed E-state index contributed by atoms with van der Waals surface area (Å²) in [4.78, 5) is 17.0. The van der Waals surface area contributed by atoms with Gasteiger partial charge in [0.15, 0.2) is 11.5 Å². The zero-order chi connectivity index (χ0) is 18.6. The first kappa shape index (κ1) is 19.1. The van der Waals surface area contributed by atoms with Gasteiger partial charge in [0.05, 0.1) is 18.3 Å². The third-order valence-electron chi connectivity index (χ3n) is 3.27. The van der Waals surface area contributed by atoms with Gasteiger partial charge in [-0.15, -0.1) is 11.3 Å². The van der Waals surface area contributed by atoms with E-state index in [1.54, 1.807) is 18.3 Å². The molecule has 5 nitrogen and oxygen atoms in total. The van der Waals surface area contributed by atoms with Gasteiger partial charge in [0.2, 0.25) is 0 Å². The number of halogens is 2. The summed E-state index contributed by atoms with van der Waals surface area (Å²) >= 11 is 1.35.